The Morgan fingerprint density at radius 3 is 1.51 bits per heavy atom. The van der Waals surface area contributed by atoms with Crippen molar-refractivity contribution in [3.8, 4) is 11.5 Å². The van der Waals surface area contributed by atoms with Crippen LogP contribution in [-0.2, 0) is 38.0 Å². The molecule has 0 unspecified atom stereocenters. The Morgan fingerprint density at radius 2 is 1.10 bits per heavy atom. The summed E-state index contributed by atoms with van der Waals surface area (Å²) >= 11 is 0. The molecule has 6 rings (SSSR count). The summed E-state index contributed by atoms with van der Waals surface area (Å²) in [5, 5.41) is 20.5. The smallest absolute Gasteiger partial charge is 0.319 e. The first-order valence-electron chi connectivity index (χ1n) is 14.8. The average molecular weight is 531 g/mol. The molecule has 2 saturated carbocycles. The number of phenols is 2. The highest BCUT2D eigenvalue weighted by molar-refractivity contribution is 5.92. The predicted molar refractivity (Wildman–Crippen MR) is 150 cm³/mol. The van der Waals surface area contributed by atoms with Crippen molar-refractivity contribution in [2.24, 2.45) is 22.7 Å². The molecule has 0 bridgehead atoms. The number of carbonyl (C=O) groups excluding carboxylic acids is 2. The third kappa shape index (κ3) is 3.78. The van der Waals surface area contributed by atoms with Crippen LogP contribution in [0.15, 0.2) is 36.4 Å². The van der Waals surface area contributed by atoms with E-state index in [1.54, 1.807) is 12.1 Å². The van der Waals surface area contributed by atoms with Crippen LogP contribution in [0.1, 0.15) is 101 Å². The lowest BCUT2D eigenvalue weighted by Crippen LogP contribution is -2.55. The zero-order valence-corrected chi connectivity index (χ0v) is 23.8. The molecule has 2 aromatic carbocycles. The van der Waals surface area contributed by atoms with Gasteiger partial charge in [-0.25, -0.2) is 0 Å². The quantitative estimate of drug-likeness (QED) is 0.326. The molecule has 5 nitrogen and oxygen atoms in total. The lowest BCUT2D eigenvalue weighted by Gasteiger charge is -2.55. The monoisotopic (exact) mass is 530 g/mol. The number of ether oxygens (including phenoxy) is 1. The predicted octanol–water partition coefficient (Wildman–Crippen LogP) is 6.89. The van der Waals surface area contributed by atoms with E-state index in [0.29, 0.717) is 12.8 Å². The van der Waals surface area contributed by atoms with E-state index in [9.17, 15) is 19.8 Å². The van der Waals surface area contributed by atoms with E-state index >= 15 is 0 Å². The molecule has 2 fully saturated rings. The second-order valence-electron chi connectivity index (χ2n) is 13.9. The van der Waals surface area contributed by atoms with Crippen molar-refractivity contribution >= 4 is 11.9 Å². The average Bonchev–Trinajstić information content (AvgIpc) is 2.89. The first-order valence-corrected chi connectivity index (χ1v) is 14.8. The summed E-state index contributed by atoms with van der Waals surface area (Å²) in [4.78, 5) is 28.1. The number of benzene rings is 2. The molecule has 0 radical (unpaired) electrons. The summed E-state index contributed by atoms with van der Waals surface area (Å²) in [6.45, 7) is 8.46. The molecule has 2 aromatic rings. The van der Waals surface area contributed by atoms with E-state index in [1.165, 1.54) is 11.1 Å². The highest BCUT2D eigenvalue weighted by Crippen LogP contribution is 2.60. The van der Waals surface area contributed by atoms with Crippen LogP contribution < -0.4 is 0 Å². The summed E-state index contributed by atoms with van der Waals surface area (Å²) in [6.07, 6.45) is 8.52. The van der Waals surface area contributed by atoms with Gasteiger partial charge in [-0.1, -0.05) is 38.8 Å². The number of carbonyl (C=O) groups is 2. The molecule has 39 heavy (non-hydrogen) atoms. The molecular formula is C34H42O5. The van der Waals surface area contributed by atoms with Gasteiger partial charge in [0.2, 0.25) is 0 Å². The third-order valence-corrected chi connectivity index (χ3v) is 11.8. The lowest BCUT2D eigenvalue weighted by atomic mass is 9.49. The fraction of sp³-hybridized carbons (Fsp3) is 0.588. The summed E-state index contributed by atoms with van der Waals surface area (Å²) in [6, 6.07) is 11.3. The van der Waals surface area contributed by atoms with Crippen molar-refractivity contribution in [1.82, 2.24) is 0 Å². The lowest BCUT2D eigenvalue weighted by molar-refractivity contribution is -0.184. The molecule has 2 N–H and O–H groups in total. The third-order valence-electron chi connectivity index (χ3n) is 11.8. The molecule has 4 aliphatic rings. The largest absolute Gasteiger partial charge is 0.508 e. The van der Waals surface area contributed by atoms with Crippen molar-refractivity contribution in [2.75, 3.05) is 0 Å². The van der Waals surface area contributed by atoms with Gasteiger partial charge in [-0.05, 0) is 134 Å². The highest BCUT2D eigenvalue weighted by Gasteiger charge is 2.59. The summed E-state index contributed by atoms with van der Waals surface area (Å²) in [5.74, 6) is -0.152. The van der Waals surface area contributed by atoms with Gasteiger partial charge < -0.3 is 14.9 Å². The van der Waals surface area contributed by atoms with Crippen LogP contribution in [-0.4, -0.2) is 22.2 Å². The maximum absolute atomic E-state index is 14.0. The molecule has 0 amide bonds. The maximum atomic E-state index is 14.0. The van der Waals surface area contributed by atoms with Crippen LogP contribution in [0, 0.1) is 22.7 Å². The van der Waals surface area contributed by atoms with Crippen LogP contribution in [0.4, 0.5) is 0 Å². The first-order chi connectivity index (χ1) is 18.4. The SMILES string of the molecule is C[C@]1(C(=O)OC(=O)[C@@]2(C)CCC[C@]3(C)c4cc(O)ccc4CC[C@@H]23)CCC[C@]2(C)c3cc(O)ccc3CC[C@H]12. The normalized spacial score (nSPS) is 37.0. The molecule has 0 spiro atoms. The van der Waals surface area contributed by atoms with Crippen molar-refractivity contribution in [3.05, 3.63) is 58.7 Å². The van der Waals surface area contributed by atoms with E-state index in [1.807, 2.05) is 38.1 Å². The zero-order valence-electron chi connectivity index (χ0n) is 23.8. The van der Waals surface area contributed by atoms with E-state index in [-0.39, 0.29) is 46.1 Å². The van der Waals surface area contributed by atoms with Crippen LogP contribution in [0.25, 0.3) is 0 Å². The molecule has 0 aliphatic heterocycles. The standard InChI is InChI=1S/C34H42O5/c1-31-15-5-17-33(3,27(31)13-9-21-7-11-23(35)19-25(21)31)29(37)39-30(38)34(4)18-6-16-32(2)26-20-24(36)12-8-22(26)10-14-28(32)34/h7-8,11-12,19-20,27-28,35-36H,5-6,9-10,13-18H2,1-4H3/t27-,28+,31-,32-,33+,34+/m1/s1. The molecular weight excluding hydrogens is 488 g/mol. The minimum Gasteiger partial charge on any atom is -0.508 e. The van der Waals surface area contributed by atoms with Gasteiger partial charge in [-0.2, -0.15) is 0 Å². The Kier molecular flexibility index (Phi) is 5.99. The van der Waals surface area contributed by atoms with Crippen molar-refractivity contribution in [3.63, 3.8) is 0 Å². The van der Waals surface area contributed by atoms with E-state index < -0.39 is 10.8 Å². The van der Waals surface area contributed by atoms with Gasteiger partial charge in [-0.3, -0.25) is 9.59 Å². The van der Waals surface area contributed by atoms with Gasteiger partial charge in [0, 0.05) is 0 Å². The molecule has 0 aromatic heterocycles. The highest BCUT2D eigenvalue weighted by atomic mass is 16.6. The van der Waals surface area contributed by atoms with Crippen molar-refractivity contribution < 1.29 is 24.5 Å². The minimum absolute atomic E-state index is 0.0438. The number of phenolic OH excluding ortho intramolecular Hbond substituents is 2. The van der Waals surface area contributed by atoms with E-state index in [4.69, 9.17) is 4.74 Å². The van der Waals surface area contributed by atoms with E-state index in [2.05, 4.69) is 13.8 Å². The van der Waals surface area contributed by atoms with Crippen molar-refractivity contribution in [1.29, 1.82) is 0 Å². The number of fused-ring (bicyclic) bond motifs is 6. The number of hydrogen-bond donors (Lipinski definition) is 2. The summed E-state index contributed by atoms with van der Waals surface area (Å²) in [5.41, 5.74) is 2.77. The Morgan fingerprint density at radius 1 is 0.692 bits per heavy atom. The van der Waals surface area contributed by atoms with Crippen molar-refractivity contribution in [2.45, 2.75) is 103 Å². The van der Waals surface area contributed by atoms with Crippen LogP contribution in [0.2, 0.25) is 0 Å². The Labute approximate surface area is 232 Å². The van der Waals surface area contributed by atoms with Gasteiger partial charge >= 0.3 is 11.9 Å². The number of hydrogen-bond acceptors (Lipinski definition) is 5. The molecule has 4 aliphatic carbocycles. The molecule has 208 valence electrons. The molecule has 6 atom stereocenters. The van der Waals surface area contributed by atoms with Gasteiger partial charge in [0.05, 0.1) is 10.8 Å². The second kappa shape index (κ2) is 8.84. The van der Waals surface area contributed by atoms with Crippen LogP contribution >= 0.6 is 0 Å². The van der Waals surface area contributed by atoms with Gasteiger partial charge in [0.15, 0.2) is 0 Å². The number of rotatable bonds is 2. The topological polar surface area (TPSA) is 83.8 Å². The number of aromatic hydroxyl groups is 2. The molecule has 0 saturated heterocycles. The maximum Gasteiger partial charge on any atom is 0.319 e. The van der Waals surface area contributed by atoms with Crippen LogP contribution in [0.5, 0.6) is 11.5 Å². The van der Waals surface area contributed by atoms with Gasteiger partial charge in [0.25, 0.3) is 0 Å². The molecule has 0 heterocycles. The number of aryl methyl sites for hydroxylation is 2. The molecule has 5 heteroatoms. The Bertz CT molecular complexity index is 1250. The summed E-state index contributed by atoms with van der Waals surface area (Å²) < 4.78 is 5.97. The minimum atomic E-state index is -0.759. The second-order valence-corrected chi connectivity index (χ2v) is 13.9. The van der Waals surface area contributed by atoms with E-state index in [0.717, 1.165) is 62.5 Å². The number of esters is 2. The van der Waals surface area contributed by atoms with Gasteiger partial charge in [0.1, 0.15) is 11.5 Å². The zero-order chi connectivity index (χ0) is 27.8. The van der Waals surface area contributed by atoms with Crippen LogP contribution in [0.3, 0.4) is 0 Å². The fourth-order valence-electron chi connectivity index (χ4n) is 9.70. The van der Waals surface area contributed by atoms with Gasteiger partial charge in [-0.15, -0.1) is 0 Å². The summed E-state index contributed by atoms with van der Waals surface area (Å²) in [7, 11) is 0. The fourth-order valence-corrected chi connectivity index (χ4v) is 9.70. The first kappa shape index (κ1) is 26.4. The Hall–Kier alpha value is -2.82. The Balaban J connectivity index is 1.28.